The lowest BCUT2D eigenvalue weighted by Crippen LogP contribution is -2.16. The maximum atomic E-state index is 2.54. The largest absolute Gasteiger partial charge is 0.310 e. The van der Waals surface area contributed by atoms with E-state index in [2.05, 4.69) is 231 Å². The van der Waals surface area contributed by atoms with Crippen molar-refractivity contribution in [3.63, 3.8) is 0 Å². The van der Waals surface area contributed by atoms with Gasteiger partial charge in [0.1, 0.15) is 0 Å². The van der Waals surface area contributed by atoms with Crippen molar-refractivity contribution in [3.8, 4) is 39.1 Å². The number of rotatable bonds is 6. The Kier molecular flexibility index (Phi) is 8.00. The van der Waals surface area contributed by atoms with Crippen LogP contribution in [0.4, 0.5) is 17.1 Å². The van der Waals surface area contributed by atoms with E-state index in [1.807, 2.05) is 0 Å². The van der Waals surface area contributed by atoms with Crippen LogP contribution in [-0.2, 0) is 5.41 Å². The molecule has 9 aromatic carbocycles. The fourth-order valence-corrected chi connectivity index (χ4v) is 9.97. The maximum absolute atomic E-state index is 2.54. The number of hydrogen-bond donors (Lipinski definition) is 0. The van der Waals surface area contributed by atoms with Crippen molar-refractivity contribution in [1.29, 1.82) is 0 Å². The van der Waals surface area contributed by atoms with Gasteiger partial charge in [-0.05, 0) is 100 Å². The van der Waals surface area contributed by atoms with E-state index >= 15 is 0 Å². The molecule has 0 fully saturated rings. The first-order valence-corrected chi connectivity index (χ1v) is 20.7. The first kappa shape index (κ1) is 35.0. The van der Waals surface area contributed by atoms with Gasteiger partial charge in [-0.3, -0.25) is 0 Å². The van der Waals surface area contributed by atoms with Gasteiger partial charge in [-0.2, -0.15) is 0 Å². The van der Waals surface area contributed by atoms with Crippen LogP contribution in [0.5, 0.6) is 0 Å². The number of hydrogen-bond acceptors (Lipinski definition) is 1. The van der Waals surface area contributed by atoms with Crippen LogP contribution in [0.1, 0.15) is 36.1 Å². The fourth-order valence-electron chi connectivity index (χ4n) is 9.97. The number of benzene rings is 9. The summed E-state index contributed by atoms with van der Waals surface area (Å²) in [5.74, 6) is 0. The lowest BCUT2D eigenvalue weighted by molar-refractivity contribution is 0.660. The number of para-hydroxylation sites is 2. The second-order valence-corrected chi connectivity index (χ2v) is 16.6. The van der Waals surface area contributed by atoms with Gasteiger partial charge in [0.2, 0.25) is 0 Å². The SMILES string of the molecule is Cc1ccccc1-c1cccc(-c2ccccc2C)c1-n1c2ccccc2c2ccc(N(c3ccc4c(c3)C(C)(C)c3ccccc3-4)c3cccc4ccccc34)cc21. The monoisotopic (exact) mass is 756 g/mol. The van der Waals surface area contributed by atoms with E-state index in [1.54, 1.807) is 0 Å². The number of anilines is 3. The summed E-state index contributed by atoms with van der Waals surface area (Å²) in [6.07, 6.45) is 0. The van der Waals surface area contributed by atoms with E-state index in [0.717, 1.165) is 17.1 Å². The highest BCUT2D eigenvalue weighted by molar-refractivity contribution is 6.12. The molecule has 0 bridgehead atoms. The van der Waals surface area contributed by atoms with Crippen molar-refractivity contribution in [2.45, 2.75) is 33.1 Å². The average Bonchev–Trinajstić information content (AvgIpc) is 3.71. The molecule has 282 valence electrons. The highest BCUT2D eigenvalue weighted by atomic mass is 15.1. The molecule has 11 rings (SSSR count). The van der Waals surface area contributed by atoms with Gasteiger partial charge in [0.15, 0.2) is 0 Å². The Morgan fingerprint density at radius 2 is 0.915 bits per heavy atom. The third-order valence-corrected chi connectivity index (χ3v) is 12.9. The molecule has 0 atom stereocenters. The lowest BCUT2D eigenvalue weighted by atomic mass is 9.82. The highest BCUT2D eigenvalue weighted by Gasteiger charge is 2.36. The lowest BCUT2D eigenvalue weighted by Gasteiger charge is -2.29. The predicted molar refractivity (Wildman–Crippen MR) is 251 cm³/mol. The average molecular weight is 757 g/mol. The van der Waals surface area contributed by atoms with Crippen molar-refractivity contribution in [2.75, 3.05) is 4.90 Å². The molecule has 2 nitrogen and oxygen atoms in total. The van der Waals surface area contributed by atoms with Gasteiger partial charge in [-0.15, -0.1) is 0 Å². The van der Waals surface area contributed by atoms with Crippen molar-refractivity contribution in [1.82, 2.24) is 4.57 Å². The zero-order chi connectivity index (χ0) is 39.8. The third-order valence-electron chi connectivity index (χ3n) is 12.9. The fraction of sp³-hybridized carbons (Fsp3) is 0.0877. The Morgan fingerprint density at radius 1 is 0.390 bits per heavy atom. The van der Waals surface area contributed by atoms with Gasteiger partial charge >= 0.3 is 0 Å². The minimum Gasteiger partial charge on any atom is -0.310 e. The van der Waals surface area contributed by atoms with E-state index in [9.17, 15) is 0 Å². The molecule has 0 aliphatic heterocycles. The molecule has 0 spiro atoms. The van der Waals surface area contributed by atoms with Crippen molar-refractivity contribution in [2.24, 2.45) is 0 Å². The first-order chi connectivity index (χ1) is 28.9. The Hall–Kier alpha value is -7.16. The Morgan fingerprint density at radius 3 is 1.66 bits per heavy atom. The van der Waals surface area contributed by atoms with Gasteiger partial charge < -0.3 is 9.47 Å². The summed E-state index contributed by atoms with van der Waals surface area (Å²) in [5, 5.41) is 4.89. The molecule has 1 aromatic heterocycles. The molecule has 0 radical (unpaired) electrons. The molecule has 1 aliphatic rings. The van der Waals surface area contributed by atoms with Crippen LogP contribution in [0.25, 0.3) is 71.6 Å². The molecular weight excluding hydrogens is 713 g/mol. The number of aryl methyl sites for hydroxylation is 2. The van der Waals surface area contributed by atoms with Gasteiger partial charge in [-0.25, -0.2) is 0 Å². The van der Waals surface area contributed by atoms with Crippen LogP contribution in [0.2, 0.25) is 0 Å². The Bertz CT molecular complexity index is 3220. The first-order valence-electron chi connectivity index (χ1n) is 20.7. The number of aromatic nitrogens is 1. The summed E-state index contributed by atoms with van der Waals surface area (Å²) < 4.78 is 2.54. The number of fused-ring (bicyclic) bond motifs is 7. The summed E-state index contributed by atoms with van der Waals surface area (Å²) >= 11 is 0. The molecule has 0 unspecified atom stereocenters. The Balaban J connectivity index is 1.23. The number of nitrogens with zero attached hydrogens (tertiary/aromatic N) is 2. The highest BCUT2D eigenvalue weighted by Crippen LogP contribution is 2.52. The van der Waals surface area contributed by atoms with E-state index < -0.39 is 0 Å². The molecule has 10 aromatic rings. The van der Waals surface area contributed by atoms with Crippen LogP contribution < -0.4 is 4.90 Å². The topological polar surface area (TPSA) is 8.17 Å². The quantitative estimate of drug-likeness (QED) is 0.164. The van der Waals surface area contributed by atoms with E-state index in [-0.39, 0.29) is 5.41 Å². The minimum atomic E-state index is -0.131. The molecule has 0 amide bonds. The van der Waals surface area contributed by atoms with E-state index in [4.69, 9.17) is 0 Å². The van der Waals surface area contributed by atoms with E-state index in [1.165, 1.54) is 93.9 Å². The van der Waals surface area contributed by atoms with Crippen molar-refractivity contribution in [3.05, 3.63) is 216 Å². The summed E-state index contributed by atoms with van der Waals surface area (Å²) in [5.41, 5.74) is 19.6. The zero-order valence-electron chi connectivity index (χ0n) is 33.9. The standard InChI is InChI=1S/C57H44N2/c1-37-17-5-8-21-42(37)49-26-16-27-50(43-22-9-6-18-38(43)2)56(49)59-54-29-14-12-25-47(54)48-34-32-41(36-55(48)59)58(53-30-15-20-39-19-7-10-23-44(39)53)40-31-33-46-45-24-11-13-28-51(45)57(3,4)52(46)35-40/h5-36H,1-4H3. The van der Waals surface area contributed by atoms with Gasteiger partial charge in [-0.1, -0.05) is 172 Å². The zero-order valence-corrected chi connectivity index (χ0v) is 33.9. The Labute approximate surface area is 346 Å². The molecular formula is C57H44N2. The van der Waals surface area contributed by atoms with Crippen LogP contribution in [0, 0.1) is 13.8 Å². The second kappa shape index (κ2) is 13.5. The molecule has 0 saturated carbocycles. The summed E-state index contributed by atoms with van der Waals surface area (Å²) in [6, 6.07) is 71.9. The normalized spacial score (nSPS) is 12.9. The molecule has 0 saturated heterocycles. The predicted octanol–water partition coefficient (Wildman–Crippen LogP) is 15.7. The molecule has 1 aliphatic carbocycles. The summed E-state index contributed by atoms with van der Waals surface area (Å²) in [7, 11) is 0. The molecule has 1 heterocycles. The van der Waals surface area contributed by atoms with Gasteiger partial charge in [0.05, 0.1) is 22.4 Å². The van der Waals surface area contributed by atoms with Gasteiger partial charge in [0, 0.05) is 44.1 Å². The van der Waals surface area contributed by atoms with Crippen molar-refractivity contribution >= 4 is 49.6 Å². The maximum Gasteiger partial charge on any atom is 0.0619 e. The third kappa shape index (κ3) is 5.40. The van der Waals surface area contributed by atoms with Crippen molar-refractivity contribution < 1.29 is 0 Å². The van der Waals surface area contributed by atoms with E-state index in [0.29, 0.717) is 0 Å². The minimum absolute atomic E-state index is 0.131. The molecule has 59 heavy (non-hydrogen) atoms. The van der Waals surface area contributed by atoms with Crippen LogP contribution >= 0.6 is 0 Å². The van der Waals surface area contributed by atoms with Crippen LogP contribution in [0.15, 0.2) is 194 Å². The summed E-state index contributed by atoms with van der Waals surface area (Å²) in [4.78, 5) is 2.48. The molecule has 2 heteroatoms. The smallest absolute Gasteiger partial charge is 0.0619 e. The van der Waals surface area contributed by atoms with Gasteiger partial charge in [0.25, 0.3) is 0 Å². The van der Waals surface area contributed by atoms with Crippen LogP contribution in [0.3, 0.4) is 0 Å². The summed E-state index contributed by atoms with van der Waals surface area (Å²) in [6.45, 7) is 9.18. The molecule has 0 N–H and O–H groups in total. The second-order valence-electron chi connectivity index (χ2n) is 16.6. The van der Waals surface area contributed by atoms with Crippen LogP contribution in [-0.4, -0.2) is 4.57 Å².